The van der Waals surface area contributed by atoms with Crippen molar-refractivity contribution in [3.63, 3.8) is 0 Å². The molecule has 0 spiro atoms. The molecule has 2 aromatic rings. The van der Waals surface area contributed by atoms with E-state index in [1.165, 1.54) is 17.2 Å². The van der Waals surface area contributed by atoms with Gasteiger partial charge in [0.25, 0.3) is 0 Å². The Morgan fingerprint density at radius 3 is 2.61 bits per heavy atom. The van der Waals surface area contributed by atoms with E-state index in [-0.39, 0.29) is 19.6 Å². The van der Waals surface area contributed by atoms with Crippen LogP contribution in [0.3, 0.4) is 0 Å². The summed E-state index contributed by atoms with van der Waals surface area (Å²) in [4.78, 5) is 35.1. The number of carboxylic acids is 1. The van der Waals surface area contributed by atoms with Crippen molar-refractivity contribution in [2.24, 2.45) is 0 Å². The average molecular weight is 453 g/mol. The zero-order valence-corrected chi connectivity index (χ0v) is 18.3. The molecule has 0 bridgehead atoms. The third-order valence-electron chi connectivity index (χ3n) is 5.42. The van der Waals surface area contributed by atoms with Crippen molar-refractivity contribution in [3.05, 3.63) is 71.8 Å². The SMILES string of the molecule is C=CCOC(=O)NCCCC[C@@H](NC(=O)OCc1cccc2c1Cc1ccccc1-2)C(=O)O. The second kappa shape index (κ2) is 11.7. The molecule has 0 saturated heterocycles. The number of nitrogens with one attached hydrogen (secondary N) is 2. The van der Waals surface area contributed by atoms with E-state index in [1.807, 2.05) is 24.3 Å². The predicted octanol–water partition coefficient (Wildman–Crippen LogP) is 4.02. The smallest absolute Gasteiger partial charge is 0.408 e. The summed E-state index contributed by atoms with van der Waals surface area (Å²) < 4.78 is 10.1. The van der Waals surface area contributed by atoms with Crippen LogP contribution < -0.4 is 10.6 Å². The molecule has 8 heteroatoms. The van der Waals surface area contributed by atoms with Crippen LogP contribution in [-0.4, -0.2) is 42.5 Å². The molecule has 2 aromatic carbocycles. The first-order chi connectivity index (χ1) is 16.0. The molecule has 0 radical (unpaired) electrons. The Balaban J connectivity index is 1.44. The summed E-state index contributed by atoms with van der Waals surface area (Å²) in [6.07, 6.45) is 2.16. The molecular formula is C25H28N2O6. The van der Waals surface area contributed by atoms with Gasteiger partial charge in [-0.1, -0.05) is 55.1 Å². The molecule has 0 heterocycles. The molecule has 1 atom stereocenters. The third-order valence-corrected chi connectivity index (χ3v) is 5.42. The maximum atomic E-state index is 12.2. The summed E-state index contributed by atoms with van der Waals surface area (Å²) in [5.74, 6) is -1.14. The third kappa shape index (κ3) is 6.58. The van der Waals surface area contributed by atoms with Crippen molar-refractivity contribution in [3.8, 4) is 11.1 Å². The van der Waals surface area contributed by atoms with Gasteiger partial charge in [-0.05, 0) is 53.5 Å². The van der Waals surface area contributed by atoms with Gasteiger partial charge < -0.3 is 25.2 Å². The van der Waals surface area contributed by atoms with Crippen LogP contribution in [0.5, 0.6) is 0 Å². The fourth-order valence-electron chi connectivity index (χ4n) is 3.79. The number of rotatable bonds is 11. The normalized spacial score (nSPS) is 12.1. The van der Waals surface area contributed by atoms with Crippen LogP contribution in [0.15, 0.2) is 55.1 Å². The minimum absolute atomic E-state index is 0.0616. The van der Waals surface area contributed by atoms with Crippen LogP contribution in [0.4, 0.5) is 9.59 Å². The molecular weight excluding hydrogens is 424 g/mol. The molecule has 0 unspecified atom stereocenters. The molecule has 0 aromatic heterocycles. The average Bonchev–Trinajstić information content (AvgIpc) is 3.19. The molecule has 2 amide bonds. The molecule has 1 aliphatic carbocycles. The molecule has 1 aliphatic rings. The summed E-state index contributed by atoms with van der Waals surface area (Å²) in [5.41, 5.74) is 5.59. The zero-order valence-electron chi connectivity index (χ0n) is 18.3. The highest BCUT2D eigenvalue weighted by Gasteiger charge is 2.23. The van der Waals surface area contributed by atoms with E-state index in [9.17, 15) is 19.5 Å². The Labute approximate surface area is 192 Å². The van der Waals surface area contributed by atoms with Crippen molar-refractivity contribution >= 4 is 18.2 Å². The molecule has 174 valence electrons. The zero-order chi connectivity index (χ0) is 23.6. The van der Waals surface area contributed by atoms with E-state index in [0.717, 1.165) is 23.1 Å². The van der Waals surface area contributed by atoms with Crippen molar-refractivity contribution < 1.29 is 29.0 Å². The Morgan fingerprint density at radius 2 is 1.82 bits per heavy atom. The number of carboxylic acid groups (broad SMARTS) is 1. The minimum Gasteiger partial charge on any atom is -0.480 e. The lowest BCUT2D eigenvalue weighted by Gasteiger charge is -2.15. The highest BCUT2D eigenvalue weighted by atomic mass is 16.6. The van der Waals surface area contributed by atoms with E-state index in [1.54, 1.807) is 0 Å². The summed E-state index contributed by atoms with van der Waals surface area (Å²) in [5, 5.41) is 14.4. The number of fused-ring (bicyclic) bond motifs is 3. The van der Waals surface area contributed by atoms with Crippen LogP contribution in [0.25, 0.3) is 11.1 Å². The predicted molar refractivity (Wildman–Crippen MR) is 123 cm³/mol. The van der Waals surface area contributed by atoms with Crippen LogP contribution in [-0.2, 0) is 27.3 Å². The maximum absolute atomic E-state index is 12.2. The Kier molecular flexibility index (Phi) is 8.46. The van der Waals surface area contributed by atoms with Gasteiger partial charge in [-0.15, -0.1) is 0 Å². The van der Waals surface area contributed by atoms with Gasteiger partial charge in [0.15, 0.2) is 0 Å². The van der Waals surface area contributed by atoms with Gasteiger partial charge in [0.05, 0.1) is 0 Å². The molecule has 0 fully saturated rings. The first kappa shape index (κ1) is 23.8. The minimum atomic E-state index is -1.14. The number of alkyl carbamates (subject to hydrolysis) is 2. The molecule has 33 heavy (non-hydrogen) atoms. The fourth-order valence-corrected chi connectivity index (χ4v) is 3.79. The number of hydrogen-bond acceptors (Lipinski definition) is 5. The maximum Gasteiger partial charge on any atom is 0.408 e. The summed E-state index contributed by atoms with van der Waals surface area (Å²) >= 11 is 0. The van der Waals surface area contributed by atoms with E-state index in [0.29, 0.717) is 19.4 Å². The van der Waals surface area contributed by atoms with Crippen molar-refractivity contribution in [2.45, 2.75) is 38.3 Å². The molecule has 0 saturated carbocycles. The van der Waals surface area contributed by atoms with Crippen LogP contribution in [0.2, 0.25) is 0 Å². The number of benzene rings is 2. The lowest BCUT2D eigenvalue weighted by molar-refractivity contribution is -0.139. The standard InChI is InChI=1S/C25H28N2O6/c1-2-14-32-24(30)26-13-6-5-12-22(23(28)29)27-25(31)33-16-18-9-7-11-20-19-10-4-3-8-17(19)15-21(18)20/h2-4,7-11,22H,1,5-6,12-16H2,(H,26,30)(H,27,31)(H,28,29)/t22-/m1/s1. The molecule has 8 nitrogen and oxygen atoms in total. The van der Waals surface area contributed by atoms with Gasteiger partial charge in [0.2, 0.25) is 0 Å². The number of hydrogen-bond donors (Lipinski definition) is 3. The number of unbranched alkanes of at least 4 members (excludes halogenated alkanes) is 1. The van der Waals surface area contributed by atoms with Crippen LogP contribution in [0, 0.1) is 0 Å². The summed E-state index contributed by atoms with van der Waals surface area (Å²) in [6.45, 7) is 3.98. The molecule has 3 N–H and O–H groups in total. The van der Waals surface area contributed by atoms with Crippen molar-refractivity contribution in [1.29, 1.82) is 0 Å². The van der Waals surface area contributed by atoms with Gasteiger partial charge in [0.1, 0.15) is 19.3 Å². The Bertz CT molecular complexity index is 1020. The van der Waals surface area contributed by atoms with Gasteiger partial charge >= 0.3 is 18.2 Å². The van der Waals surface area contributed by atoms with Crippen molar-refractivity contribution in [2.75, 3.05) is 13.2 Å². The first-order valence-corrected chi connectivity index (χ1v) is 10.9. The number of aliphatic carboxylic acids is 1. The van der Waals surface area contributed by atoms with Crippen LogP contribution in [0.1, 0.15) is 36.0 Å². The highest BCUT2D eigenvalue weighted by Crippen LogP contribution is 2.38. The lowest BCUT2D eigenvalue weighted by atomic mass is 10.0. The molecule has 0 aliphatic heterocycles. The lowest BCUT2D eigenvalue weighted by Crippen LogP contribution is -2.41. The van der Waals surface area contributed by atoms with E-state index in [2.05, 4.69) is 35.4 Å². The van der Waals surface area contributed by atoms with Gasteiger partial charge in [-0.2, -0.15) is 0 Å². The number of ether oxygens (including phenoxy) is 2. The van der Waals surface area contributed by atoms with E-state index >= 15 is 0 Å². The summed E-state index contributed by atoms with van der Waals surface area (Å²) in [6, 6.07) is 13.0. The van der Waals surface area contributed by atoms with Gasteiger partial charge in [0, 0.05) is 6.54 Å². The van der Waals surface area contributed by atoms with E-state index < -0.39 is 24.2 Å². The quantitative estimate of drug-likeness (QED) is 0.299. The second-order valence-electron chi connectivity index (χ2n) is 7.70. The van der Waals surface area contributed by atoms with Crippen molar-refractivity contribution in [1.82, 2.24) is 10.6 Å². The fraction of sp³-hybridized carbons (Fsp3) is 0.320. The number of carbonyl (C=O) groups is 3. The molecule has 3 rings (SSSR count). The largest absolute Gasteiger partial charge is 0.480 e. The Morgan fingerprint density at radius 1 is 1.03 bits per heavy atom. The summed E-state index contributed by atoms with van der Waals surface area (Å²) in [7, 11) is 0. The second-order valence-corrected chi connectivity index (χ2v) is 7.70. The Hall–Kier alpha value is -3.81. The monoisotopic (exact) mass is 452 g/mol. The van der Waals surface area contributed by atoms with Gasteiger partial charge in [-0.3, -0.25) is 0 Å². The topological polar surface area (TPSA) is 114 Å². The highest BCUT2D eigenvalue weighted by molar-refractivity contribution is 5.80. The van der Waals surface area contributed by atoms with Gasteiger partial charge in [-0.25, -0.2) is 14.4 Å². The first-order valence-electron chi connectivity index (χ1n) is 10.9. The number of amides is 2. The van der Waals surface area contributed by atoms with E-state index in [4.69, 9.17) is 9.47 Å². The number of carbonyl (C=O) groups excluding carboxylic acids is 2. The van der Waals surface area contributed by atoms with Crippen LogP contribution >= 0.6 is 0 Å².